The largest absolute Gasteiger partial charge is 0.481 e. The second-order valence-electron chi connectivity index (χ2n) is 7.17. The first kappa shape index (κ1) is 17.7. The smallest absolute Gasteiger partial charge is 0.212 e. The third-order valence-electron chi connectivity index (χ3n) is 5.34. The van der Waals surface area contributed by atoms with Crippen molar-refractivity contribution in [3.8, 4) is 17.0 Å². The van der Waals surface area contributed by atoms with Gasteiger partial charge in [0.05, 0.1) is 12.6 Å². The summed E-state index contributed by atoms with van der Waals surface area (Å²) in [7, 11) is 1.62. The van der Waals surface area contributed by atoms with Gasteiger partial charge in [0, 0.05) is 36.3 Å². The lowest BCUT2D eigenvalue weighted by molar-refractivity contribution is 0.398. The van der Waals surface area contributed by atoms with Crippen molar-refractivity contribution in [3.05, 3.63) is 42.4 Å². The molecule has 1 aliphatic rings. The number of nitrogens with two attached hydrogens (primary N) is 1. The van der Waals surface area contributed by atoms with Gasteiger partial charge in [-0.2, -0.15) is 0 Å². The number of hydrogen-bond donors (Lipinski definition) is 1. The fourth-order valence-electron chi connectivity index (χ4n) is 3.87. The van der Waals surface area contributed by atoms with Crippen LogP contribution in [0.2, 0.25) is 0 Å². The Morgan fingerprint density at radius 2 is 2.07 bits per heavy atom. The van der Waals surface area contributed by atoms with Crippen molar-refractivity contribution < 1.29 is 4.74 Å². The summed E-state index contributed by atoms with van der Waals surface area (Å²) >= 11 is 0. The molecule has 0 spiro atoms. The summed E-state index contributed by atoms with van der Waals surface area (Å²) in [6.07, 6.45) is 5.85. The molecule has 2 aromatic heterocycles. The summed E-state index contributed by atoms with van der Waals surface area (Å²) in [6.45, 7) is 4.78. The van der Waals surface area contributed by atoms with E-state index in [2.05, 4.69) is 38.9 Å². The fourth-order valence-corrected chi connectivity index (χ4v) is 3.87. The first-order valence-corrected chi connectivity index (χ1v) is 9.40. The molecule has 1 aromatic carbocycles. The van der Waals surface area contributed by atoms with Crippen LogP contribution >= 0.6 is 0 Å². The molecule has 1 saturated heterocycles. The summed E-state index contributed by atoms with van der Waals surface area (Å²) in [4.78, 5) is 15.9. The van der Waals surface area contributed by atoms with Gasteiger partial charge in [-0.25, -0.2) is 15.0 Å². The first-order chi connectivity index (χ1) is 13.2. The maximum atomic E-state index is 5.93. The van der Waals surface area contributed by atoms with Crippen LogP contribution in [-0.2, 0) is 0 Å². The molecule has 0 bridgehead atoms. The van der Waals surface area contributed by atoms with E-state index < -0.39 is 0 Å². The van der Waals surface area contributed by atoms with E-state index in [9.17, 15) is 0 Å². The van der Waals surface area contributed by atoms with Crippen molar-refractivity contribution in [2.24, 2.45) is 11.7 Å². The van der Waals surface area contributed by atoms with Gasteiger partial charge in [0.2, 0.25) is 5.88 Å². The van der Waals surface area contributed by atoms with E-state index in [0.717, 1.165) is 59.5 Å². The fraction of sp³-hybridized carbons (Fsp3) is 0.381. The van der Waals surface area contributed by atoms with Gasteiger partial charge < -0.3 is 15.4 Å². The third-order valence-corrected chi connectivity index (χ3v) is 5.34. The Labute approximate surface area is 159 Å². The van der Waals surface area contributed by atoms with Gasteiger partial charge in [-0.05, 0) is 61.6 Å². The number of piperidine rings is 1. The maximum Gasteiger partial charge on any atom is 0.212 e. The van der Waals surface area contributed by atoms with Crippen LogP contribution in [0.1, 0.15) is 18.4 Å². The molecular formula is C21H25N5O. The minimum Gasteiger partial charge on any atom is -0.481 e. The number of fused-ring (bicyclic) bond motifs is 1. The van der Waals surface area contributed by atoms with Crippen LogP contribution in [0.5, 0.6) is 5.88 Å². The number of methoxy groups -OCH3 is 1. The number of nitrogens with zero attached hydrogens (tertiary/aromatic N) is 4. The number of aromatic nitrogens is 3. The van der Waals surface area contributed by atoms with Gasteiger partial charge in [0.1, 0.15) is 12.1 Å². The molecule has 3 aromatic rings. The molecule has 0 aliphatic carbocycles. The van der Waals surface area contributed by atoms with E-state index >= 15 is 0 Å². The maximum absolute atomic E-state index is 5.93. The van der Waals surface area contributed by atoms with E-state index in [1.807, 2.05) is 18.3 Å². The normalized spacial score (nSPS) is 17.3. The molecule has 3 heterocycles. The Bertz CT molecular complexity index is 941. The summed E-state index contributed by atoms with van der Waals surface area (Å²) in [5.41, 5.74) is 10.2. The Kier molecular flexibility index (Phi) is 4.90. The SMILES string of the molecule is COc1ccc(-c2cc(C)c3ncnc(N4CCCC(CN)C4)c3c2)cn1. The minimum atomic E-state index is 0.527. The average molecular weight is 363 g/mol. The monoisotopic (exact) mass is 363 g/mol. The number of hydrogen-bond acceptors (Lipinski definition) is 6. The lowest BCUT2D eigenvalue weighted by Crippen LogP contribution is -2.39. The van der Waals surface area contributed by atoms with Crippen LogP contribution in [-0.4, -0.2) is 41.7 Å². The van der Waals surface area contributed by atoms with E-state index in [-0.39, 0.29) is 0 Å². The second kappa shape index (κ2) is 7.48. The van der Waals surface area contributed by atoms with Crippen LogP contribution < -0.4 is 15.4 Å². The highest BCUT2D eigenvalue weighted by molar-refractivity contribution is 5.95. The van der Waals surface area contributed by atoms with Crippen LogP contribution in [0.4, 0.5) is 5.82 Å². The second-order valence-corrected chi connectivity index (χ2v) is 7.17. The molecule has 0 amide bonds. The topological polar surface area (TPSA) is 77.2 Å². The molecule has 0 saturated carbocycles. The Balaban J connectivity index is 1.79. The third kappa shape index (κ3) is 3.45. The molecule has 1 aliphatic heterocycles. The van der Waals surface area contributed by atoms with Crippen molar-refractivity contribution in [2.75, 3.05) is 31.6 Å². The van der Waals surface area contributed by atoms with Crippen LogP contribution in [0.15, 0.2) is 36.8 Å². The molecule has 6 nitrogen and oxygen atoms in total. The standard InChI is InChI=1S/C21H25N5O/c1-14-8-17(16-5-6-19(27-2)23-11-16)9-18-20(14)24-13-25-21(18)26-7-3-4-15(10-22)12-26/h5-6,8-9,11,13,15H,3-4,7,10,12,22H2,1-2H3. The van der Waals surface area contributed by atoms with Crippen LogP contribution in [0.3, 0.4) is 0 Å². The van der Waals surface area contributed by atoms with E-state index in [4.69, 9.17) is 10.5 Å². The highest BCUT2D eigenvalue weighted by Gasteiger charge is 2.22. The number of benzene rings is 1. The van der Waals surface area contributed by atoms with Crippen molar-refractivity contribution in [3.63, 3.8) is 0 Å². The van der Waals surface area contributed by atoms with Gasteiger partial charge in [-0.15, -0.1) is 0 Å². The molecule has 140 valence electrons. The van der Waals surface area contributed by atoms with Crippen LogP contribution in [0, 0.1) is 12.8 Å². The molecule has 27 heavy (non-hydrogen) atoms. The lowest BCUT2D eigenvalue weighted by Gasteiger charge is -2.33. The van der Waals surface area contributed by atoms with Gasteiger partial charge in [0.15, 0.2) is 0 Å². The number of rotatable bonds is 4. The number of ether oxygens (including phenoxy) is 1. The summed E-state index contributed by atoms with van der Waals surface area (Å²) < 4.78 is 5.17. The predicted molar refractivity (Wildman–Crippen MR) is 108 cm³/mol. The summed E-state index contributed by atoms with van der Waals surface area (Å²) in [5.74, 6) is 2.14. The van der Waals surface area contributed by atoms with E-state index in [1.165, 1.54) is 6.42 Å². The summed E-state index contributed by atoms with van der Waals surface area (Å²) in [6, 6.07) is 8.24. The molecule has 4 rings (SSSR count). The molecule has 0 radical (unpaired) electrons. The van der Waals surface area contributed by atoms with Crippen molar-refractivity contribution in [1.29, 1.82) is 0 Å². The average Bonchev–Trinajstić information content (AvgIpc) is 2.73. The van der Waals surface area contributed by atoms with Gasteiger partial charge in [0.25, 0.3) is 0 Å². The van der Waals surface area contributed by atoms with Gasteiger partial charge in [-0.3, -0.25) is 0 Å². The number of pyridine rings is 1. The highest BCUT2D eigenvalue weighted by atomic mass is 16.5. The van der Waals surface area contributed by atoms with Gasteiger partial charge in [-0.1, -0.05) is 0 Å². The van der Waals surface area contributed by atoms with Gasteiger partial charge >= 0.3 is 0 Å². The Hall–Kier alpha value is -2.73. The van der Waals surface area contributed by atoms with Crippen molar-refractivity contribution >= 4 is 16.7 Å². The quantitative estimate of drug-likeness (QED) is 0.767. The Morgan fingerprint density at radius 1 is 1.19 bits per heavy atom. The summed E-state index contributed by atoms with van der Waals surface area (Å²) in [5, 5.41) is 1.08. The first-order valence-electron chi connectivity index (χ1n) is 9.40. The zero-order valence-electron chi connectivity index (χ0n) is 15.9. The van der Waals surface area contributed by atoms with E-state index in [1.54, 1.807) is 13.4 Å². The van der Waals surface area contributed by atoms with Crippen LogP contribution in [0.25, 0.3) is 22.0 Å². The molecule has 6 heteroatoms. The molecule has 1 unspecified atom stereocenters. The highest BCUT2D eigenvalue weighted by Crippen LogP contribution is 2.33. The lowest BCUT2D eigenvalue weighted by atomic mass is 9.97. The molecular weight excluding hydrogens is 338 g/mol. The Morgan fingerprint density at radius 3 is 2.81 bits per heavy atom. The zero-order valence-corrected chi connectivity index (χ0v) is 15.9. The number of aryl methyl sites for hydroxylation is 1. The van der Waals surface area contributed by atoms with E-state index in [0.29, 0.717) is 11.8 Å². The van der Waals surface area contributed by atoms with Crippen molar-refractivity contribution in [2.45, 2.75) is 19.8 Å². The molecule has 1 fully saturated rings. The minimum absolute atomic E-state index is 0.527. The molecule has 2 N–H and O–H groups in total. The van der Waals surface area contributed by atoms with Crippen molar-refractivity contribution in [1.82, 2.24) is 15.0 Å². The number of anilines is 1. The molecule has 1 atom stereocenters. The predicted octanol–water partition coefficient (Wildman–Crippen LogP) is 3.18. The zero-order chi connectivity index (χ0) is 18.8.